The highest BCUT2D eigenvalue weighted by Gasteiger charge is 2.36. The zero-order valence-corrected chi connectivity index (χ0v) is 26.2. The molecule has 0 saturated heterocycles. The van der Waals surface area contributed by atoms with E-state index in [2.05, 4.69) is 19.6 Å². The number of rotatable bonds is 19. The first-order chi connectivity index (χ1) is 14.0. The Morgan fingerprint density at radius 1 is 0.533 bits per heavy atom. The highest BCUT2D eigenvalue weighted by atomic mass is 28.4. The van der Waals surface area contributed by atoms with Crippen LogP contribution >= 0.6 is 0 Å². The molecular formula is C19H48O7Si4. The molecule has 0 N–H and O–H groups in total. The fourth-order valence-corrected chi connectivity index (χ4v) is 8.53. The molecular weight excluding hydrogens is 453 g/mol. The standard InChI is InChI=1S/C19H48O7Si4/c1-20-28(7,21-2)16-10-13-19(26-27,14-11-17-29(8,22-3)23-4)15-12-18-30(9,24-5)25-6/h10-18H2,1-9,27H3. The second-order valence-corrected chi connectivity index (χ2v) is 19.7. The summed E-state index contributed by atoms with van der Waals surface area (Å²) >= 11 is 0. The van der Waals surface area contributed by atoms with E-state index in [-0.39, 0.29) is 5.60 Å². The van der Waals surface area contributed by atoms with Crippen molar-refractivity contribution >= 4 is 36.2 Å². The summed E-state index contributed by atoms with van der Waals surface area (Å²) in [5.74, 6) is 0. The lowest BCUT2D eigenvalue weighted by Crippen LogP contribution is -2.40. The van der Waals surface area contributed by atoms with Crippen LogP contribution in [0, 0.1) is 0 Å². The van der Waals surface area contributed by atoms with Gasteiger partial charge in [-0.3, -0.25) is 0 Å². The van der Waals surface area contributed by atoms with E-state index in [1.165, 1.54) is 0 Å². The van der Waals surface area contributed by atoms with Crippen LogP contribution < -0.4 is 0 Å². The van der Waals surface area contributed by atoms with Gasteiger partial charge in [-0.2, -0.15) is 0 Å². The molecule has 0 radical (unpaired) electrons. The SMILES string of the molecule is CO[Si](C)(CCCC(CCC[Si](C)(OC)OC)(CCC[Si](C)(OC)OC)O[SiH3])OC. The van der Waals surface area contributed by atoms with Gasteiger partial charge in [0.05, 0.1) is 5.60 Å². The molecule has 0 fully saturated rings. The Morgan fingerprint density at radius 2 is 0.767 bits per heavy atom. The highest BCUT2D eigenvalue weighted by molar-refractivity contribution is 6.66. The Balaban J connectivity index is 5.13. The molecule has 11 heteroatoms. The van der Waals surface area contributed by atoms with Crippen LogP contribution in [0.15, 0.2) is 0 Å². The Bertz CT molecular complexity index is 385. The van der Waals surface area contributed by atoms with Crippen molar-refractivity contribution in [3.63, 3.8) is 0 Å². The maximum absolute atomic E-state index is 6.32. The van der Waals surface area contributed by atoms with Gasteiger partial charge in [-0.15, -0.1) is 0 Å². The van der Waals surface area contributed by atoms with Crippen molar-refractivity contribution in [1.29, 1.82) is 0 Å². The molecule has 182 valence electrons. The smallest absolute Gasteiger partial charge is 0.334 e. The van der Waals surface area contributed by atoms with E-state index in [1.807, 2.05) is 0 Å². The van der Waals surface area contributed by atoms with Crippen LogP contribution in [0.3, 0.4) is 0 Å². The summed E-state index contributed by atoms with van der Waals surface area (Å²) in [5.41, 5.74) is -0.114. The van der Waals surface area contributed by atoms with E-state index < -0.39 is 25.7 Å². The van der Waals surface area contributed by atoms with Gasteiger partial charge in [0, 0.05) is 42.7 Å². The summed E-state index contributed by atoms with van der Waals surface area (Å²) in [6.45, 7) is 6.37. The molecule has 0 saturated carbocycles. The van der Waals surface area contributed by atoms with Gasteiger partial charge in [0.15, 0.2) is 0 Å². The fourth-order valence-electron chi connectivity index (χ4n) is 3.74. The van der Waals surface area contributed by atoms with Crippen LogP contribution in [0.1, 0.15) is 38.5 Å². The van der Waals surface area contributed by atoms with Gasteiger partial charge in [0.1, 0.15) is 10.5 Å². The van der Waals surface area contributed by atoms with Crippen LogP contribution in [0.2, 0.25) is 37.8 Å². The lowest BCUT2D eigenvalue weighted by Gasteiger charge is -2.36. The molecule has 0 rings (SSSR count). The minimum Gasteiger partial charge on any atom is -0.422 e. The Hall–Kier alpha value is 0.588. The molecule has 0 heterocycles. The molecule has 0 bridgehead atoms. The van der Waals surface area contributed by atoms with E-state index in [1.54, 1.807) is 42.7 Å². The first kappa shape index (κ1) is 30.6. The first-order valence-corrected chi connectivity index (χ1v) is 19.3. The summed E-state index contributed by atoms with van der Waals surface area (Å²) < 4.78 is 40.4. The fraction of sp³-hybridized carbons (Fsp3) is 1.00. The third kappa shape index (κ3) is 10.5. The summed E-state index contributed by atoms with van der Waals surface area (Å²) in [6, 6.07) is 2.91. The lowest BCUT2D eigenvalue weighted by atomic mass is 9.88. The van der Waals surface area contributed by atoms with E-state index in [9.17, 15) is 0 Å². The van der Waals surface area contributed by atoms with Gasteiger partial charge in [-0.25, -0.2) is 0 Å². The third-order valence-electron chi connectivity index (χ3n) is 6.81. The summed E-state index contributed by atoms with van der Waals surface area (Å²) in [4.78, 5) is 0. The van der Waals surface area contributed by atoms with Gasteiger partial charge in [-0.05, 0) is 76.3 Å². The molecule has 0 atom stereocenters. The zero-order chi connectivity index (χ0) is 23.3. The van der Waals surface area contributed by atoms with Gasteiger partial charge in [-0.1, -0.05) is 0 Å². The average molecular weight is 501 g/mol. The van der Waals surface area contributed by atoms with Gasteiger partial charge < -0.3 is 31.0 Å². The zero-order valence-electron chi connectivity index (χ0n) is 21.2. The van der Waals surface area contributed by atoms with Crippen LogP contribution in [-0.4, -0.2) is 84.4 Å². The highest BCUT2D eigenvalue weighted by Crippen LogP contribution is 2.34. The Labute approximate surface area is 191 Å². The van der Waals surface area contributed by atoms with Gasteiger partial charge in [0.2, 0.25) is 0 Å². The molecule has 7 nitrogen and oxygen atoms in total. The lowest BCUT2D eigenvalue weighted by molar-refractivity contribution is 0.0462. The van der Waals surface area contributed by atoms with Crippen molar-refractivity contribution in [2.45, 2.75) is 81.9 Å². The third-order valence-corrected chi connectivity index (χ3v) is 16.6. The summed E-state index contributed by atoms with van der Waals surface area (Å²) in [5, 5.41) is 0. The molecule has 0 aliphatic rings. The topological polar surface area (TPSA) is 64.6 Å². The van der Waals surface area contributed by atoms with Crippen LogP contribution in [0.25, 0.3) is 0 Å². The molecule has 0 aromatic heterocycles. The van der Waals surface area contributed by atoms with Gasteiger partial charge >= 0.3 is 25.7 Å². The maximum atomic E-state index is 6.32. The second kappa shape index (κ2) is 14.7. The van der Waals surface area contributed by atoms with Crippen molar-refractivity contribution in [3.05, 3.63) is 0 Å². The van der Waals surface area contributed by atoms with Crippen molar-refractivity contribution in [3.8, 4) is 0 Å². The Morgan fingerprint density at radius 3 is 0.933 bits per heavy atom. The number of hydrogen-bond donors (Lipinski definition) is 0. The second-order valence-electron chi connectivity index (χ2n) is 8.57. The summed E-state index contributed by atoms with van der Waals surface area (Å²) in [6.07, 6.45) is 6.17. The Kier molecular flexibility index (Phi) is 15.0. The largest absolute Gasteiger partial charge is 0.422 e. The molecule has 0 spiro atoms. The average Bonchev–Trinajstić information content (AvgIpc) is 2.78. The van der Waals surface area contributed by atoms with Crippen molar-refractivity contribution in [2.24, 2.45) is 0 Å². The van der Waals surface area contributed by atoms with Crippen LogP contribution in [-0.2, 0) is 31.0 Å². The predicted octanol–water partition coefficient (Wildman–Crippen LogP) is 3.46. The van der Waals surface area contributed by atoms with Crippen LogP contribution in [0.4, 0.5) is 0 Å². The van der Waals surface area contributed by atoms with E-state index in [0.717, 1.165) is 56.7 Å². The number of hydrogen-bond acceptors (Lipinski definition) is 7. The molecule has 0 aliphatic carbocycles. The maximum Gasteiger partial charge on any atom is 0.334 e. The predicted molar refractivity (Wildman–Crippen MR) is 133 cm³/mol. The van der Waals surface area contributed by atoms with Crippen molar-refractivity contribution in [1.82, 2.24) is 0 Å². The minimum absolute atomic E-state index is 0.114. The molecule has 0 aromatic carbocycles. The monoisotopic (exact) mass is 500 g/mol. The first-order valence-electron chi connectivity index (χ1n) is 10.9. The minimum atomic E-state index is -2.07. The van der Waals surface area contributed by atoms with Gasteiger partial charge in [0.25, 0.3) is 0 Å². The summed E-state index contributed by atoms with van der Waals surface area (Å²) in [7, 11) is 5.07. The van der Waals surface area contributed by atoms with Crippen LogP contribution in [0.5, 0.6) is 0 Å². The van der Waals surface area contributed by atoms with Crippen molar-refractivity contribution in [2.75, 3.05) is 42.7 Å². The van der Waals surface area contributed by atoms with E-state index >= 15 is 0 Å². The van der Waals surface area contributed by atoms with Crippen molar-refractivity contribution < 1.29 is 31.0 Å². The van der Waals surface area contributed by atoms with E-state index in [4.69, 9.17) is 31.0 Å². The molecule has 30 heavy (non-hydrogen) atoms. The molecule has 0 amide bonds. The normalized spacial score (nSPS) is 13.9. The quantitative estimate of drug-likeness (QED) is 0.252. The van der Waals surface area contributed by atoms with E-state index in [0.29, 0.717) is 10.5 Å². The molecule has 0 aromatic rings. The molecule has 0 aliphatic heterocycles. The molecule has 0 unspecified atom stereocenters.